The first-order valence-electron chi connectivity index (χ1n) is 11.5. The highest BCUT2D eigenvalue weighted by Crippen LogP contribution is 2.68. The van der Waals surface area contributed by atoms with Gasteiger partial charge >= 0.3 is 11.9 Å². The third-order valence-electron chi connectivity index (χ3n) is 8.65. The monoisotopic (exact) mass is 450 g/mol. The highest BCUT2D eigenvalue weighted by Gasteiger charge is 2.66. The maximum absolute atomic E-state index is 15.3. The van der Waals surface area contributed by atoms with E-state index in [2.05, 4.69) is 6.92 Å². The molecule has 7 atom stereocenters. The number of ketones is 1. The largest absolute Gasteiger partial charge is 0.465 e. The lowest BCUT2D eigenvalue weighted by Crippen LogP contribution is -2.55. The summed E-state index contributed by atoms with van der Waals surface area (Å²) in [6, 6.07) is 0. The van der Waals surface area contributed by atoms with Gasteiger partial charge in [0.2, 0.25) is 0 Å². The Bertz CT molecular complexity index is 893. The second-order valence-electron chi connectivity index (χ2n) is 10.6. The average molecular weight is 451 g/mol. The van der Waals surface area contributed by atoms with E-state index in [1.165, 1.54) is 13.0 Å². The summed E-state index contributed by atoms with van der Waals surface area (Å²) in [6.45, 7) is 7.21. The summed E-state index contributed by atoms with van der Waals surface area (Å²) in [5, 5.41) is 0. The van der Waals surface area contributed by atoms with Crippen LogP contribution in [0.1, 0.15) is 59.8 Å². The Balaban J connectivity index is 1.57. The second-order valence-corrected chi connectivity index (χ2v) is 10.6. The molecule has 0 amide bonds. The summed E-state index contributed by atoms with van der Waals surface area (Å²) in [5.74, 6) is -4.38. The first-order chi connectivity index (χ1) is 14.9. The van der Waals surface area contributed by atoms with Crippen molar-refractivity contribution in [3.05, 3.63) is 23.8 Å². The predicted octanol–water partition coefficient (Wildman–Crippen LogP) is 4.65. The summed E-state index contributed by atoms with van der Waals surface area (Å²) in [6.07, 6.45) is 5.90. The Morgan fingerprint density at radius 1 is 1.22 bits per heavy atom. The van der Waals surface area contributed by atoms with Crippen molar-refractivity contribution >= 4 is 17.7 Å². The number of ether oxygens (including phenoxy) is 2. The Morgan fingerprint density at radius 3 is 2.62 bits per heavy atom. The van der Waals surface area contributed by atoms with Gasteiger partial charge in [-0.3, -0.25) is 14.4 Å². The lowest BCUT2D eigenvalue weighted by atomic mass is 9.47. The molecule has 4 rings (SSSR count). The van der Waals surface area contributed by atoms with E-state index in [4.69, 9.17) is 9.47 Å². The normalized spacial score (nSPS) is 41.8. The van der Waals surface area contributed by atoms with Crippen LogP contribution < -0.4 is 0 Å². The number of esters is 2. The summed E-state index contributed by atoms with van der Waals surface area (Å²) in [5.41, 5.74) is -1.25. The molecule has 0 unspecified atom stereocenters. The Labute approximate surface area is 187 Å². The molecule has 4 aliphatic carbocycles. The van der Waals surface area contributed by atoms with E-state index < -0.39 is 23.3 Å². The van der Waals surface area contributed by atoms with Gasteiger partial charge < -0.3 is 9.47 Å². The minimum Gasteiger partial charge on any atom is -0.465 e. The van der Waals surface area contributed by atoms with Crippen LogP contribution in [-0.4, -0.2) is 36.4 Å². The third-order valence-corrected chi connectivity index (χ3v) is 8.65. The molecule has 7 heteroatoms. The topological polar surface area (TPSA) is 69.7 Å². The summed E-state index contributed by atoms with van der Waals surface area (Å²) >= 11 is 0. The number of hydrogen-bond donors (Lipinski definition) is 0. The molecule has 0 spiro atoms. The molecule has 0 aromatic rings. The molecule has 0 aliphatic heterocycles. The van der Waals surface area contributed by atoms with Gasteiger partial charge in [0, 0.05) is 29.7 Å². The summed E-state index contributed by atoms with van der Waals surface area (Å²) in [7, 11) is 0. The molecular weight excluding hydrogens is 418 g/mol. The van der Waals surface area contributed by atoms with E-state index >= 15 is 8.78 Å². The molecule has 0 N–H and O–H groups in total. The predicted molar refractivity (Wildman–Crippen MR) is 113 cm³/mol. The molecule has 0 aromatic heterocycles. The number of fused-ring (bicyclic) bond motifs is 5. The van der Waals surface area contributed by atoms with Gasteiger partial charge in [-0.15, -0.1) is 0 Å². The lowest BCUT2D eigenvalue weighted by Gasteiger charge is -2.58. The maximum atomic E-state index is 15.3. The minimum atomic E-state index is -3.03. The van der Waals surface area contributed by atoms with Crippen LogP contribution in [0.4, 0.5) is 8.78 Å². The van der Waals surface area contributed by atoms with E-state index in [0.29, 0.717) is 0 Å². The van der Waals surface area contributed by atoms with Gasteiger partial charge in [-0.2, -0.15) is 0 Å². The Hall–Kier alpha value is -2.05. The Morgan fingerprint density at radius 2 is 1.94 bits per heavy atom. The van der Waals surface area contributed by atoms with Crippen LogP contribution in [0.25, 0.3) is 0 Å². The molecular formula is C25H32F2O5. The molecule has 3 saturated carbocycles. The molecule has 0 heterocycles. The van der Waals surface area contributed by atoms with E-state index in [-0.39, 0.29) is 66.0 Å². The van der Waals surface area contributed by atoms with Crippen molar-refractivity contribution in [3.8, 4) is 0 Å². The van der Waals surface area contributed by atoms with E-state index in [0.717, 1.165) is 25.3 Å². The minimum absolute atomic E-state index is 0.0118. The quantitative estimate of drug-likeness (QED) is 0.583. The number of rotatable bonds is 4. The van der Waals surface area contributed by atoms with Crippen LogP contribution in [0.2, 0.25) is 0 Å². The van der Waals surface area contributed by atoms with E-state index in [1.807, 2.05) is 13.8 Å². The van der Waals surface area contributed by atoms with Crippen molar-refractivity contribution < 1.29 is 32.6 Å². The summed E-state index contributed by atoms with van der Waals surface area (Å²) in [4.78, 5) is 35.2. The van der Waals surface area contributed by atoms with Gasteiger partial charge in [0.05, 0.1) is 6.42 Å². The Kier molecular flexibility index (Phi) is 5.61. The molecule has 0 aromatic carbocycles. The smallest absolute Gasteiger partial charge is 0.309 e. The van der Waals surface area contributed by atoms with Crippen LogP contribution in [0.15, 0.2) is 23.8 Å². The zero-order chi connectivity index (χ0) is 23.5. The highest BCUT2D eigenvalue weighted by atomic mass is 19.3. The van der Waals surface area contributed by atoms with E-state index in [9.17, 15) is 14.4 Å². The van der Waals surface area contributed by atoms with Gasteiger partial charge in [0.1, 0.15) is 12.7 Å². The molecule has 32 heavy (non-hydrogen) atoms. The highest BCUT2D eigenvalue weighted by molar-refractivity contribution is 6.01. The number of hydrogen-bond acceptors (Lipinski definition) is 5. The number of carbonyl (C=O) groups is 3. The molecule has 0 radical (unpaired) electrons. The lowest BCUT2D eigenvalue weighted by molar-refractivity contribution is -0.167. The number of allylic oxidation sites excluding steroid dienone is 4. The van der Waals surface area contributed by atoms with Gasteiger partial charge in [0.25, 0.3) is 5.92 Å². The standard InChI is InChI=1S/C25H32F2O5/c1-14-11-19-17-13-25(26,27)20-12-16(29)5-8-23(20,3)18(17)6-9-24(19,4)22(14)32-21(30)7-10-31-15(2)28/h5,8,12,14,17-19,22H,6-7,9-11,13H2,1-4H3/t14-,17-,18+,19+,22-,23-,24+/m1/s1. The van der Waals surface area contributed by atoms with Crippen molar-refractivity contribution in [1.29, 1.82) is 0 Å². The first-order valence-corrected chi connectivity index (χ1v) is 11.5. The molecule has 3 fully saturated rings. The van der Waals surface area contributed by atoms with Crippen molar-refractivity contribution in [2.75, 3.05) is 6.61 Å². The number of halogens is 2. The molecule has 4 aliphatic rings. The summed E-state index contributed by atoms with van der Waals surface area (Å²) < 4.78 is 41.4. The SMILES string of the molecule is CC(=O)OCCC(=O)O[C@@H]1[C@H](C)C[C@H]2[C@@H]3CC(F)(F)C4=CC(=O)C=C[C@]4(C)[C@H]3CC[C@]12C. The fourth-order valence-corrected chi connectivity index (χ4v) is 7.29. The number of carbonyl (C=O) groups excluding carboxylic acids is 3. The zero-order valence-electron chi connectivity index (χ0n) is 19.2. The van der Waals surface area contributed by atoms with Crippen LogP contribution in [0.3, 0.4) is 0 Å². The third kappa shape index (κ3) is 3.61. The van der Waals surface area contributed by atoms with Crippen LogP contribution in [-0.2, 0) is 23.9 Å². The fourth-order valence-electron chi connectivity index (χ4n) is 7.29. The average Bonchev–Trinajstić information content (AvgIpc) is 2.94. The fraction of sp³-hybridized carbons (Fsp3) is 0.720. The molecule has 0 bridgehead atoms. The first kappa shape index (κ1) is 23.1. The van der Waals surface area contributed by atoms with Crippen molar-refractivity contribution in [1.82, 2.24) is 0 Å². The van der Waals surface area contributed by atoms with Crippen molar-refractivity contribution in [3.63, 3.8) is 0 Å². The van der Waals surface area contributed by atoms with Crippen LogP contribution in [0, 0.1) is 34.5 Å². The molecule has 5 nitrogen and oxygen atoms in total. The van der Waals surface area contributed by atoms with E-state index in [1.54, 1.807) is 6.08 Å². The molecule has 176 valence electrons. The zero-order valence-corrected chi connectivity index (χ0v) is 19.2. The molecule has 0 saturated heterocycles. The maximum Gasteiger partial charge on any atom is 0.309 e. The number of alkyl halides is 2. The van der Waals surface area contributed by atoms with Gasteiger partial charge in [-0.1, -0.05) is 26.8 Å². The van der Waals surface area contributed by atoms with Crippen molar-refractivity contribution in [2.24, 2.45) is 34.5 Å². The van der Waals surface area contributed by atoms with Gasteiger partial charge in [-0.25, -0.2) is 8.78 Å². The van der Waals surface area contributed by atoms with Gasteiger partial charge in [-0.05, 0) is 55.1 Å². The van der Waals surface area contributed by atoms with Gasteiger partial charge in [0.15, 0.2) is 5.78 Å². The van der Waals surface area contributed by atoms with Crippen LogP contribution in [0.5, 0.6) is 0 Å². The van der Waals surface area contributed by atoms with Crippen LogP contribution >= 0.6 is 0 Å². The van der Waals surface area contributed by atoms with Crippen molar-refractivity contribution in [2.45, 2.75) is 71.8 Å². The second kappa shape index (κ2) is 7.77.